The van der Waals surface area contributed by atoms with Crippen LogP contribution in [0.2, 0.25) is 0 Å². The Bertz CT molecular complexity index is 704. The number of aliphatic hydroxyl groups excluding tert-OH is 1. The second-order valence-electron chi connectivity index (χ2n) is 7.16. The molecule has 0 amide bonds. The van der Waals surface area contributed by atoms with Gasteiger partial charge in [0, 0.05) is 0 Å². The Morgan fingerprint density at radius 2 is 1.83 bits per heavy atom. The first-order valence-corrected chi connectivity index (χ1v) is 8.49. The number of hydrogen-bond acceptors (Lipinski definition) is 3. The van der Waals surface area contributed by atoms with Gasteiger partial charge in [0.1, 0.15) is 12.2 Å². The van der Waals surface area contributed by atoms with Gasteiger partial charge < -0.3 is 14.6 Å². The molecule has 0 bridgehead atoms. The molecule has 3 heteroatoms. The molecule has 1 heterocycles. The van der Waals surface area contributed by atoms with E-state index < -0.39 is 11.9 Å². The summed E-state index contributed by atoms with van der Waals surface area (Å²) in [5.41, 5.74) is 5.88. The molecule has 2 aromatic carbocycles. The lowest BCUT2D eigenvalue weighted by molar-refractivity contribution is -0.151. The molecule has 1 aliphatic rings. The molecule has 1 fully saturated rings. The highest BCUT2D eigenvalue weighted by molar-refractivity contribution is 5.37. The van der Waals surface area contributed by atoms with Crippen LogP contribution in [0.5, 0.6) is 0 Å². The van der Waals surface area contributed by atoms with Crippen molar-refractivity contribution in [2.75, 3.05) is 6.61 Å². The van der Waals surface area contributed by atoms with Crippen LogP contribution in [0.1, 0.15) is 47.8 Å². The lowest BCUT2D eigenvalue weighted by Crippen LogP contribution is -2.25. The van der Waals surface area contributed by atoms with Crippen molar-refractivity contribution in [2.45, 2.75) is 52.1 Å². The van der Waals surface area contributed by atoms with Crippen molar-refractivity contribution in [3.63, 3.8) is 0 Å². The molecule has 1 unspecified atom stereocenters. The predicted octanol–water partition coefficient (Wildman–Crippen LogP) is 4.08. The van der Waals surface area contributed by atoms with E-state index in [1.54, 1.807) is 0 Å². The van der Waals surface area contributed by atoms with Crippen LogP contribution in [0.3, 0.4) is 0 Å². The van der Waals surface area contributed by atoms with Crippen LogP contribution in [-0.4, -0.2) is 23.6 Å². The molecule has 0 aliphatic carbocycles. The maximum Gasteiger partial charge on any atom is 0.163 e. The van der Waals surface area contributed by atoms with E-state index in [9.17, 15) is 5.11 Å². The summed E-state index contributed by atoms with van der Waals surface area (Å²) < 4.78 is 11.4. The number of aryl methyl sites for hydroxylation is 2. The Morgan fingerprint density at radius 1 is 1.12 bits per heavy atom. The number of ether oxygens (including phenoxy) is 2. The summed E-state index contributed by atoms with van der Waals surface area (Å²) in [6.45, 7) is 8.36. The molecule has 0 radical (unpaired) electrons. The van der Waals surface area contributed by atoms with Crippen molar-refractivity contribution in [3.8, 4) is 0 Å². The largest absolute Gasteiger partial charge is 0.386 e. The van der Waals surface area contributed by atoms with Gasteiger partial charge in [0.25, 0.3) is 0 Å². The monoisotopic (exact) mass is 326 g/mol. The summed E-state index contributed by atoms with van der Waals surface area (Å²) in [5.74, 6) is -0.624. The molecule has 3 rings (SSSR count). The van der Waals surface area contributed by atoms with E-state index in [2.05, 4.69) is 50.2 Å². The fraction of sp³-hybridized carbons (Fsp3) is 0.429. The maximum atomic E-state index is 10.7. The van der Waals surface area contributed by atoms with Gasteiger partial charge >= 0.3 is 0 Å². The van der Waals surface area contributed by atoms with Crippen LogP contribution in [0.15, 0.2) is 42.5 Å². The van der Waals surface area contributed by atoms with Crippen LogP contribution in [0, 0.1) is 13.8 Å². The van der Waals surface area contributed by atoms with Crippen molar-refractivity contribution >= 4 is 0 Å². The molecule has 1 aliphatic heterocycles. The second kappa shape index (κ2) is 6.67. The van der Waals surface area contributed by atoms with Crippen LogP contribution < -0.4 is 0 Å². The highest BCUT2D eigenvalue weighted by Crippen LogP contribution is 2.31. The minimum absolute atomic E-state index is 0.324. The molecule has 0 saturated carbocycles. The van der Waals surface area contributed by atoms with Gasteiger partial charge in [-0.15, -0.1) is 0 Å². The summed E-state index contributed by atoms with van der Waals surface area (Å²) >= 11 is 0. The average molecular weight is 326 g/mol. The van der Waals surface area contributed by atoms with E-state index in [0.717, 1.165) is 12.0 Å². The zero-order valence-corrected chi connectivity index (χ0v) is 14.9. The topological polar surface area (TPSA) is 38.7 Å². The van der Waals surface area contributed by atoms with Crippen molar-refractivity contribution < 1.29 is 14.6 Å². The third-order valence-electron chi connectivity index (χ3n) is 4.61. The van der Waals surface area contributed by atoms with E-state index in [-0.39, 0.29) is 6.10 Å². The summed E-state index contributed by atoms with van der Waals surface area (Å²) in [5, 5.41) is 10.7. The van der Waals surface area contributed by atoms with E-state index in [4.69, 9.17) is 9.47 Å². The van der Waals surface area contributed by atoms with Gasteiger partial charge in [-0.05, 0) is 56.4 Å². The van der Waals surface area contributed by atoms with Crippen molar-refractivity contribution in [2.24, 2.45) is 0 Å². The Labute approximate surface area is 144 Å². The van der Waals surface area contributed by atoms with E-state index in [1.807, 2.05) is 19.9 Å². The van der Waals surface area contributed by atoms with E-state index in [1.165, 1.54) is 22.3 Å². The molecular formula is C21H26O3. The standard InChI is InChI=1S/C21H26O3/c1-14-5-8-16(9-6-14)11-18-12-17(10-7-15(18)2)20(22)19-13-23-21(3,4)24-19/h5-10,12,19-20,22H,11,13H2,1-4H3/t19-,20?/m1/s1. The number of hydrogen-bond donors (Lipinski definition) is 1. The zero-order valence-electron chi connectivity index (χ0n) is 14.9. The number of aliphatic hydroxyl groups is 1. The van der Waals surface area contributed by atoms with E-state index in [0.29, 0.717) is 6.61 Å². The van der Waals surface area contributed by atoms with Crippen LogP contribution >= 0.6 is 0 Å². The average Bonchev–Trinajstić information content (AvgIpc) is 2.91. The normalized spacial score (nSPS) is 21.0. The molecule has 3 nitrogen and oxygen atoms in total. The van der Waals surface area contributed by atoms with E-state index >= 15 is 0 Å². The number of rotatable bonds is 4. The first-order chi connectivity index (χ1) is 11.3. The van der Waals surface area contributed by atoms with Gasteiger partial charge in [-0.2, -0.15) is 0 Å². The van der Waals surface area contributed by atoms with Crippen molar-refractivity contribution in [1.29, 1.82) is 0 Å². The highest BCUT2D eigenvalue weighted by atomic mass is 16.7. The van der Waals surface area contributed by atoms with Crippen molar-refractivity contribution in [3.05, 3.63) is 70.3 Å². The van der Waals surface area contributed by atoms with Crippen LogP contribution in [0.4, 0.5) is 0 Å². The summed E-state index contributed by atoms with van der Waals surface area (Å²) in [7, 11) is 0. The fourth-order valence-corrected chi connectivity index (χ4v) is 3.08. The first kappa shape index (κ1) is 17.2. The molecular weight excluding hydrogens is 300 g/mol. The Kier molecular flexibility index (Phi) is 4.77. The Morgan fingerprint density at radius 3 is 2.46 bits per heavy atom. The third-order valence-corrected chi connectivity index (χ3v) is 4.61. The molecule has 0 aromatic heterocycles. The van der Waals surface area contributed by atoms with Gasteiger partial charge in [-0.25, -0.2) is 0 Å². The molecule has 24 heavy (non-hydrogen) atoms. The fourth-order valence-electron chi connectivity index (χ4n) is 3.08. The van der Waals surface area contributed by atoms with Gasteiger partial charge in [0.2, 0.25) is 0 Å². The summed E-state index contributed by atoms with van der Waals surface area (Å²) in [6.07, 6.45) is -0.140. The zero-order chi connectivity index (χ0) is 17.3. The van der Waals surface area contributed by atoms with Gasteiger partial charge in [0.05, 0.1) is 6.61 Å². The minimum atomic E-state index is -0.677. The summed E-state index contributed by atoms with van der Waals surface area (Å²) in [6, 6.07) is 14.7. The Balaban J connectivity index is 1.79. The molecule has 2 atom stereocenters. The second-order valence-corrected chi connectivity index (χ2v) is 7.16. The molecule has 1 saturated heterocycles. The minimum Gasteiger partial charge on any atom is -0.386 e. The molecule has 128 valence electrons. The molecule has 1 N–H and O–H groups in total. The first-order valence-electron chi connectivity index (χ1n) is 8.49. The van der Waals surface area contributed by atoms with Crippen LogP contribution in [-0.2, 0) is 15.9 Å². The third kappa shape index (κ3) is 3.86. The number of benzene rings is 2. The van der Waals surface area contributed by atoms with Gasteiger partial charge in [0.15, 0.2) is 5.79 Å². The smallest absolute Gasteiger partial charge is 0.163 e. The molecule has 0 spiro atoms. The Hall–Kier alpha value is -1.68. The molecule has 2 aromatic rings. The lowest BCUT2D eigenvalue weighted by atomic mass is 9.95. The SMILES string of the molecule is Cc1ccc(Cc2cc(C(O)[C@H]3COC(C)(C)O3)ccc2C)cc1. The lowest BCUT2D eigenvalue weighted by Gasteiger charge is -2.21. The quantitative estimate of drug-likeness (QED) is 0.920. The predicted molar refractivity (Wildman–Crippen MR) is 95.0 cm³/mol. The van der Waals surface area contributed by atoms with Crippen LogP contribution in [0.25, 0.3) is 0 Å². The van der Waals surface area contributed by atoms with Gasteiger partial charge in [-0.1, -0.05) is 48.0 Å². The summed E-state index contributed by atoms with van der Waals surface area (Å²) in [4.78, 5) is 0. The maximum absolute atomic E-state index is 10.7. The highest BCUT2D eigenvalue weighted by Gasteiger charge is 2.37. The van der Waals surface area contributed by atoms with Crippen molar-refractivity contribution in [1.82, 2.24) is 0 Å². The van der Waals surface area contributed by atoms with Gasteiger partial charge in [-0.3, -0.25) is 0 Å².